The van der Waals surface area contributed by atoms with Crippen LogP contribution in [-0.2, 0) is 28.6 Å². The highest BCUT2D eigenvalue weighted by Crippen LogP contribution is 2.18. The van der Waals surface area contributed by atoms with E-state index in [1.807, 2.05) is 0 Å². The first-order valence-corrected chi connectivity index (χ1v) is 29.5. The predicted octanol–water partition coefficient (Wildman–Crippen LogP) is 19.5. The van der Waals surface area contributed by atoms with E-state index in [9.17, 15) is 14.4 Å². The summed E-state index contributed by atoms with van der Waals surface area (Å²) in [6.07, 6.45) is 61.1. The lowest BCUT2D eigenvalue weighted by Gasteiger charge is -2.18. The molecule has 1 unspecified atom stereocenters. The maximum Gasteiger partial charge on any atom is 0.306 e. The van der Waals surface area contributed by atoms with Gasteiger partial charge in [-0.3, -0.25) is 14.4 Å². The predicted molar refractivity (Wildman–Crippen MR) is 280 cm³/mol. The highest BCUT2D eigenvalue weighted by atomic mass is 16.6. The molecule has 0 fully saturated rings. The van der Waals surface area contributed by atoms with Crippen molar-refractivity contribution >= 4 is 17.9 Å². The van der Waals surface area contributed by atoms with Crippen LogP contribution in [0.3, 0.4) is 0 Å². The Balaban J connectivity index is 4.16. The zero-order valence-corrected chi connectivity index (χ0v) is 44.3. The van der Waals surface area contributed by atoms with Gasteiger partial charge in [0.15, 0.2) is 6.10 Å². The summed E-state index contributed by atoms with van der Waals surface area (Å²) in [6, 6.07) is 0. The molecule has 0 spiro atoms. The number of hydrogen-bond donors (Lipinski definition) is 0. The molecule has 6 heteroatoms. The van der Waals surface area contributed by atoms with Crippen molar-refractivity contribution in [3.63, 3.8) is 0 Å². The van der Waals surface area contributed by atoms with Crippen LogP contribution < -0.4 is 0 Å². The first kappa shape index (κ1) is 63.4. The van der Waals surface area contributed by atoms with Gasteiger partial charge in [-0.1, -0.05) is 303 Å². The number of esters is 3. The maximum absolute atomic E-state index is 12.8. The summed E-state index contributed by atoms with van der Waals surface area (Å²) in [7, 11) is 0. The summed E-state index contributed by atoms with van der Waals surface area (Å²) in [6.45, 7) is 6.70. The Kier molecular flexibility index (Phi) is 53.7. The van der Waals surface area contributed by atoms with Crippen LogP contribution in [-0.4, -0.2) is 37.2 Å². The Morgan fingerprint density at radius 1 is 0.246 bits per heavy atom. The van der Waals surface area contributed by atoms with E-state index in [4.69, 9.17) is 14.2 Å². The fraction of sp³-hybridized carbons (Fsp3) is 0.949. The number of ether oxygens (including phenoxy) is 3. The highest BCUT2D eigenvalue weighted by Gasteiger charge is 2.19. The largest absolute Gasteiger partial charge is 0.462 e. The van der Waals surface area contributed by atoms with Crippen LogP contribution >= 0.6 is 0 Å². The second-order valence-electron chi connectivity index (χ2n) is 20.3. The van der Waals surface area contributed by atoms with Crippen LogP contribution in [0.25, 0.3) is 0 Å². The van der Waals surface area contributed by atoms with Crippen molar-refractivity contribution in [3.05, 3.63) is 0 Å². The molecule has 0 saturated heterocycles. The molecule has 0 aromatic heterocycles. The van der Waals surface area contributed by atoms with E-state index in [1.165, 1.54) is 244 Å². The van der Waals surface area contributed by atoms with Gasteiger partial charge in [0.25, 0.3) is 0 Å². The summed E-state index contributed by atoms with van der Waals surface area (Å²) in [5, 5.41) is 0. The van der Waals surface area contributed by atoms with Crippen LogP contribution in [0.2, 0.25) is 0 Å². The number of unbranched alkanes of at least 4 members (excludes halogenated alkanes) is 44. The van der Waals surface area contributed by atoms with E-state index in [2.05, 4.69) is 20.8 Å². The number of carbonyl (C=O) groups excluding carboxylic acids is 3. The average Bonchev–Trinajstić information content (AvgIpc) is 3.30. The van der Waals surface area contributed by atoms with Crippen molar-refractivity contribution in [2.24, 2.45) is 0 Å². The van der Waals surface area contributed by atoms with Crippen LogP contribution in [0.4, 0.5) is 0 Å². The standard InChI is InChI=1S/C59H114O6/c1-4-7-10-13-16-19-22-24-25-26-27-28-29-30-31-32-33-35-37-40-43-46-49-52-58(61)64-55-56(54-63-57(60)51-48-45-42-39-36-21-18-15-12-9-6-3)65-59(62)53-50-47-44-41-38-34-23-20-17-14-11-8-5-2/h56H,4-55H2,1-3H3. The molecule has 65 heavy (non-hydrogen) atoms. The van der Waals surface area contributed by atoms with E-state index < -0.39 is 6.10 Å². The van der Waals surface area contributed by atoms with E-state index in [-0.39, 0.29) is 31.1 Å². The molecule has 0 bridgehead atoms. The van der Waals surface area contributed by atoms with Gasteiger partial charge in [0.1, 0.15) is 13.2 Å². The van der Waals surface area contributed by atoms with Crippen LogP contribution in [0, 0.1) is 0 Å². The summed E-state index contributed by atoms with van der Waals surface area (Å²) in [5.74, 6) is -0.835. The average molecular weight is 920 g/mol. The highest BCUT2D eigenvalue weighted by molar-refractivity contribution is 5.71. The van der Waals surface area contributed by atoms with Crippen molar-refractivity contribution < 1.29 is 28.6 Å². The molecular weight excluding hydrogens is 805 g/mol. The Morgan fingerprint density at radius 2 is 0.415 bits per heavy atom. The summed E-state index contributed by atoms with van der Waals surface area (Å²) < 4.78 is 16.9. The van der Waals surface area contributed by atoms with Gasteiger partial charge in [-0.2, -0.15) is 0 Å². The van der Waals surface area contributed by atoms with Gasteiger partial charge in [0, 0.05) is 19.3 Å². The SMILES string of the molecule is CCCCCCCCCCCCCCCCCCCCCCCCCC(=O)OCC(COC(=O)CCCCCCCCCCCCC)OC(=O)CCCCCCCCCCCCCCC. The summed E-state index contributed by atoms with van der Waals surface area (Å²) >= 11 is 0. The van der Waals surface area contributed by atoms with Gasteiger partial charge in [-0.25, -0.2) is 0 Å². The first-order chi connectivity index (χ1) is 32.0. The maximum atomic E-state index is 12.8. The fourth-order valence-electron chi connectivity index (χ4n) is 9.15. The summed E-state index contributed by atoms with van der Waals surface area (Å²) in [4.78, 5) is 38.1. The van der Waals surface area contributed by atoms with Crippen molar-refractivity contribution in [2.45, 2.75) is 348 Å². The second kappa shape index (κ2) is 55.0. The van der Waals surface area contributed by atoms with Gasteiger partial charge in [0.2, 0.25) is 0 Å². The number of rotatable bonds is 55. The number of hydrogen-bond acceptors (Lipinski definition) is 6. The normalized spacial score (nSPS) is 11.9. The van der Waals surface area contributed by atoms with E-state index in [0.29, 0.717) is 19.3 Å². The van der Waals surface area contributed by atoms with E-state index in [1.54, 1.807) is 0 Å². The molecule has 0 aromatic carbocycles. The smallest absolute Gasteiger partial charge is 0.306 e. The minimum Gasteiger partial charge on any atom is -0.462 e. The van der Waals surface area contributed by atoms with Gasteiger partial charge < -0.3 is 14.2 Å². The van der Waals surface area contributed by atoms with Gasteiger partial charge in [-0.15, -0.1) is 0 Å². The molecule has 0 amide bonds. The van der Waals surface area contributed by atoms with Gasteiger partial charge >= 0.3 is 17.9 Å². The third-order valence-electron chi connectivity index (χ3n) is 13.6. The minimum absolute atomic E-state index is 0.0613. The molecule has 0 radical (unpaired) electrons. The lowest BCUT2D eigenvalue weighted by atomic mass is 10.0. The summed E-state index contributed by atoms with van der Waals surface area (Å²) in [5.41, 5.74) is 0. The zero-order chi connectivity index (χ0) is 47.2. The van der Waals surface area contributed by atoms with Gasteiger partial charge in [0.05, 0.1) is 0 Å². The zero-order valence-electron chi connectivity index (χ0n) is 44.3. The fourth-order valence-corrected chi connectivity index (χ4v) is 9.15. The van der Waals surface area contributed by atoms with Crippen molar-refractivity contribution in [1.82, 2.24) is 0 Å². The second-order valence-corrected chi connectivity index (χ2v) is 20.3. The molecular formula is C59H114O6. The minimum atomic E-state index is -0.760. The number of carbonyl (C=O) groups is 3. The van der Waals surface area contributed by atoms with Crippen LogP contribution in [0.15, 0.2) is 0 Å². The first-order valence-electron chi connectivity index (χ1n) is 29.5. The molecule has 0 N–H and O–H groups in total. The molecule has 0 heterocycles. The molecule has 0 saturated carbocycles. The molecule has 0 aliphatic carbocycles. The Labute approximate surface area is 406 Å². The van der Waals surface area contributed by atoms with E-state index >= 15 is 0 Å². The molecule has 0 aliphatic rings. The monoisotopic (exact) mass is 919 g/mol. The van der Waals surface area contributed by atoms with E-state index in [0.717, 1.165) is 57.8 Å². The lowest BCUT2D eigenvalue weighted by Crippen LogP contribution is -2.30. The Hall–Kier alpha value is -1.59. The van der Waals surface area contributed by atoms with Gasteiger partial charge in [-0.05, 0) is 19.3 Å². The van der Waals surface area contributed by atoms with Crippen molar-refractivity contribution in [1.29, 1.82) is 0 Å². The van der Waals surface area contributed by atoms with Crippen LogP contribution in [0.1, 0.15) is 342 Å². The Bertz CT molecular complexity index is 967. The third-order valence-corrected chi connectivity index (χ3v) is 13.6. The van der Waals surface area contributed by atoms with Crippen molar-refractivity contribution in [2.75, 3.05) is 13.2 Å². The molecule has 1 atom stereocenters. The quantitative estimate of drug-likeness (QED) is 0.0344. The lowest BCUT2D eigenvalue weighted by molar-refractivity contribution is -0.167. The third kappa shape index (κ3) is 53.2. The molecule has 0 aliphatic heterocycles. The Morgan fingerprint density at radius 3 is 0.615 bits per heavy atom. The molecule has 0 rings (SSSR count). The topological polar surface area (TPSA) is 78.9 Å². The van der Waals surface area contributed by atoms with Crippen molar-refractivity contribution in [3.8, 4) is 0 Å². The van der Waals surface area contributed by atoms with Crippen LogP contribution in [0.5, 0.6) is 0 Å². The molecule has 6 nitrogen and oxygen atoms in total. The molecule has 386 valence electrons. The molecule has 0 aromatic rings.